The fourth-order valence-corrected chi connectivity index (χ4v) is 6.56. The van der Waals surface area contributed by atoms with Crippen molar-refractivity contribution in [2.24, 2.45) is 4.99 Å². The van der Waals surface area contributed by atoms with E-state index in [0.29, 0.717) is 32.0 Å². The third-order valence-electron chi connectivity index (χ3n) is 7.55. The number of methoxy groups -OCH3 is 1. The molecule has 0 aliphatic carbocycles. The van der Waals surface area contributed by atoms with Crippen LogP contribution in [-0.2, 0) is 4.79 Å². The molecule has 216 valence electrons. The van der Waals surface area contributed by atoms with Crippen LogP contribution in [0.3, 0.4) is 0 Å². The van der Waals surface area contributed by atoms with Gasteiger partial charge in [-0.1, -0.05) is 41.7 Å². The van der Waals surface area contributed by atoms with Gasteiger partial charge in [0.15, 0.2) is 4.80 Å². The maximum Gasteiger partial charge on any atom is 0.271 e. The van der Waals surface area contributed by atoms with Crippen molar-refractivity contribution in [3.8, 4) is 11.4 Å². The van der Waals surface area contributed by atoms with Crippen molar-refractivity contribution in [1.29, 1.82) is 0 Å². The van der Waals surface area contributed by atoms with Gasteiger partial charge in [0.25, 0.3) is 11.5 Å². The summed E-state index contributed by atoms with van der Waals surface area (Å²) in [6.07, 6.45) is 1.86. The molecular weight excluding hydrogens is 563 g/mol. The molecule has 0 radical (unpaired) electrons. The maximum absolute atomic E-state index is 14.1. The van der Waals surface area contributed by atoms with E-state index in [0.717, 1.165) is 28.2 Å². The van der Waals surface area contributed by atoms with Crippen LogP contribution in [0.1, 0.15) is 35.5 Å². The van der Waals surface area contributed by atoms with Crippen molar-refractivity contribution in [3.05, 3.63) is 144 Å². The number of anilines is 1. The summed E-state index contributed by atoms with van der Waals surface area (Å²) in [6.45, 7) is 5.73. The van der Waals surface area contributed by atoms with Crippen molar-refractivity contribution in [1.82, 2.24) is 9.13 Å². The number of hydrogen-bond donors (Lipinski definition) is 1. The summed E-state index contributed by atoms with van der Waals surface area (Å²) >= 11 is 1.28. The van der Waals surface area contributed by atoms with E-state index in [1.54, 1.807) is 30.7 Å². The minimum absolute atomic E-state index is 0.249. The summed E-state index contributed by atoms with van der Waals surface area (Å²) < 4.78 is 23.2. The monoisotopic (exact) mass is 592 g/mol. The predicted molar refractivity (Wildman–Crippen MR) is 167 cm³/mol. The number of fused-ring (bicyclic) bond motifs is 1. The van der Waals surface area contributed by atoms with Crippen molar-refractivity contribution in [2.45, 2.75) is 26.8 Å². The standard InChI is InChI=1S/C34H29FN4O3S/c1-20-17-24(22(3)38(20)27-15-13-25(35)14-16-27)19-29-33(41)39-31(23-9-8-12-28(18-23)42-4)30(21(2)36-34(39)43-29)32(40)37-26-10-6-5-7-11-26/h5-19,31H,1-4H3,(H,37,40)/b29-19+. The highest BCUT2D eigenvalue weighted by Gasteiger charge is 2.33. The lowest BCUT2D eigenvalue weighted by atomic mass is 9.95. The molecule has 1 aliphatic heterocycles. The van der Waals surface area contributed by atoms with Crippen LogP contribution in [0.25, 0.3) is 11.8 Å². The van der Waals surface area contributed by atoms with Crippen LogP contribution < -0.4 is 24.9 Å². The molecule has 3 aromatic carbocycles. The van der Waals surface area contributed by atoms with Gasteiger partial charge in [-0.25, -0.2) is 9.38 Å². The van der Waals surface area contributed by atoms with E-state index in [1.165, 1.54) is 23.5 Å². The quantitative estimate of drug-likeness (QED) is 0.286. The van der Waals surface area contributed by atoms with Gasteiger partial charge in [0, 0.05) is 22.8 Å². The number of ether oxygens (including phenoxy) is 1. The molecule has 0 saturated carbocycles. The summed E-state index contributed by atoms with van der Waals surface area (Å²) in [4.78, 5) is 33.2. The summed E-state index contributed by atoms with van der Waals surface area (Å²) in [7, 11) is 1.58. The second kappa shape index (κ2) is 11.3. The largest absolute Gasteiger partial charge is 0.497 e. The second-order valence-electron chi connectivity index (χ2n) is 10.3. The minimum Gasteiger partial charge on any atom is -0.497 e. The molecule has 1 unspecified atom stereocenters. The van der Waals surface area contributed by atoms with Gasteiger partial charge >= 0.3 is 0 Å². The number of halogens is 1. The first-order chi connectivity index (χ1) is 20.7. The molecule has 1 amide bonds. The Balaban J connectivity index is 1.50. The third-order valence-corrected chi connectivity index (χ3v) is 8.53. The first-order valence-corrected chi connectivity index (χ1v) is 14.5. The Morgan fingerprint density at radius 1 is 1.00 bits per heavy atom. The molecule has 1 N–H and O–H groups in total. The zero-order valence-corrected chi connectivity index (χ0v) is 24.9. The summed E-state index contributed by atoms with van der Waals surface area (Å²) in [5, 5.41) is 2.97. The normalized spacial score (nSPS) is 14.8. The lowest BCUT2D eigenvalue weighted by Gasteiger charge is -2.25. The summed E-state index contributed by atoms with van der Waals surface area (Å²) in [5.41, 5.74) is 5.60. The summed E-state index contributed by atoms with van der Waals surface area (Å²) in [6, 6.07) is 24.2. The Bertz CT molecular complexity index is 2070. The van der Waals surface area contributed by atoms with Gasteiger partial charge in [0.1, 0.15) is 11.6 Å². The zero-order chi connectivity index (χ0) is 30.2. The molecule has 0 saturated heterocycles. The van der Waals surface area contributed by atoms with Gasteiger partial charge in [0.05, 0.1) is 29.0 Å². The molecule has 9 heteroatoms. The van der Waals surface area contributed by atoms with Crippen LogP contribution in [-0.4, -0.2) is 22.2 Å². The number of allylic oxidation sites excluding steroid dienone is 1. The van der Waals surface area contributed by atoms with E-state index >= 15 is 0 Å². The lowest BCUT2D eigenvalue weighted by molar-refractivity contribution is -0.113. The minimum atomic E-state index is -0.719. The first-order valence-electron chi connectivity index (χ1n) is 13.7. The van der Waals surface area contributed by atoms with Gasteiger partial charge in [-0.05, 0) is 92.6 Å². The van der Waals surface area contributed by atoms with Crippen molar-refractivity contribution in [3.63, 3.8) is 0 Å². The molecule has 0 bridgehead atoms. The highest BCUT2D eigenvalue weighted by Crippen LogP contribution is 2.32. The van der Waals surface area contributed by atoms with Gasteiger partial charge < -0.3 is 14.6 Å². The van der Waals surface area contributed by atoms with E-state index in [-0.39, 0.29) is 17.3 Å². The number of amides is 1. The number of nitrogens with one attached hydrogen (secondary N) is 1. The van der Waals surface area contributed by atoms with E-state index < -0.39 is 6.04 Å². The fourth-order valence-electron chi connectivity index (χ4n) is 5.52. The number of benzene rings is 3. The average molecular weight is 593 g/mol. The smallest absolute Gasteiger partial charge is 0.271 e. The Morgan fingerprint density at radius 3 is 2.47 bits per heavy atom. The van der Waals surface area contributed by atoms with Gasteiger partial charge in [0.2, 0.25) is 0 Å². The number of rotatable bonds is 6. The number of hydrogen-bond acceptors (Lipinski definition) is 5. The maximum atomic E-state index is 14.1. The number of aromatic nitrogens is 2. The number of nitrogens with zero attached hydrogens (tertiary/aromatic N) is 3. The highest BCUT2D eigenvalue weighted by molar-refractivity contribution is 7.07. The zero-order valence-electron chi connectivity index (χ0n) is 24.1. The van der Waals surface area contributed by atoms with E-state index in [2.05, 4.69) is 5.32 Å². The SMILES string of the molecule is COc1cccc(C2C(C(=O)Nc3ccccc3)=C(C)N=c3s/c(=C/c4cc(C)n(-c5ccc(F)cc5)c4C)c(=O)n32)c1. The van der Waals surface area contributed by atoms with Crippen LogP contribution in [0.15, 0.2) is 106 Å². The molecule has 7 nitrogen and oxygen atoms in total. The number of carbonyl (C=O) groups excluding carboxylic acids is 1. The Kier molecular flexibility index (Phi) is 7.41. The lowest BCUT2D eigenvalue weighted by Crippen LogP contribution is -2.40. The molecule has 1 atom stereocenters. The van der Waals surface area contributed by atoms with E-state index in [1.807, 2.05) is 85.2 Å². The number of thiazole rings is 1. The Hall–Kier alpha value is -5.02. The molecular formula is C34H29FN4O3S. The molecule has 3 heterocycles. The van der Waals surface area contributed by atoms with Crippen LogP contribution >= 0.6 is 11.3 Å². The molecule has 1 aliphatic rings. The predicted octanol–water partition coefficient (Wildman–Crippen LogP) is 5.43. The third kappa shape index (κ3) is 5.23. The second-order valence-corrected chi connectivity index (χ2v) is 11.3. The van der Waals surface area contributed by atoms with E-state index in [4.69, 9.17) is 9.73 Å². The summed E-state index contributed by atoms with van der Waals surface area (Å²) in [5.74, 6) is -0.0204. The van der Waals surface area contributed by atoms with Crippen molar-refractivity contribution >= 4 is 29.0 Å². The number of carbonyl (C=O) groups is 1. The molecule has 0 spiro atoms. The fraction of sp³-hybridized carbons (Fsp3) is 0.147. The van der Waals surface area contributed by atoms with Gasteiger partial charge in [-0.3, -0.25) is 14.2 Å². The van der Waals surface area contributed by atoms with Crippen molar-refractivity contribution < 1.29 is 13.9 Å². The highest BCUT2D eigenvalue weighted by atomic mass is 32.1. The average Bonchev–Trinajstić information content (AvgIpc) is 3.46. The van der Waals surface area contributed by atoms with Crippen LogP contribution in [0.5, 0.6) is 5.75 Å². The Morgan fingerprint density at radius 2 is 1.74 bits per heavy atom. The van der Waals surface area contributed by atoms with Crippen molar-refractivity contribution in [2.75, 3.05) is 12.4 Å². The molecule has 5 aromatic rings. The van der Waals surface area contributed by atoms with Gasteiger partial charge in [-0.2, -0.15) is 0 Å². The number of para-hydroxylation sites is 1. The van der Waals surface area contributed by atoms with E-state index in [9.17, 15) is 14.0 Å². The Labute approximate surface area is 251 Å². The van der Waals surface area contributed by atoms with Crippen LogP contribution in [0.2, 0.25) is 0 Å². The first kappa shape index (κ1) is 28.1. The van der Waals surface area contributed by atoms with Gasteiger partial charge in [-0.15, -0.1) is 0 Å². The molecule has 2 aromatic heterocycles. The molecule has 6 rings (SSSR count). The van der Waals surface area contributed by atoms with Crippen LogP contribution in [0.4, 0.5) is 10.1 Å². The van der Waals surface area contributed by atoms with Crippen LogP contribution in [0, 0.1) is 19.7 Å². The molecule has 43 heavy (non-hydrogen) atoms. The molecule has 0 fully saturated rings. The number of aryl methyl sites for hydroxylation is 1. The topological polar surface area (TPSA) is 77.6 Å².